The molecular weight excluding hydrogens is 126 g/mol. The lowest BCUT2D eigenvalue weighted by Crippen LogP contribution is -2.24. The van der Waals surface area contributed by atoms with Gasteiger partial charge in [0.05, 0.1) is 0 Å². The van der Waals surface area contributed by atoms with E-state index in [1.54, 1.807) is 0 Å². The summed E-state index contributed by atoms with van der Waals surface area (Å²) in [6, 6.07) is 0. The van der Waals surface area contributed by atoms with E-state index in [2.05, 4.69) is 11.7 Å². The molecule has 1 N–H and O–H groups in total. The van der Waals surface area contributed by atoms with Crippen molar-refractivity contribution >= 4 is 0 Å². The van der Waals surface area contributed by atoms with Crippen molar-refractivity contribution in [3.05, 3.63) is 6.42 Å². The Hall–Kier alpha value is -0.0800. The lowest BCUT2D eigenvalue weighted by molar-refractivity contribution is 0.270. The maximum absolute atomic E-state index is 8.55. The lowest BCUT2D eigenvalue weighted by Gasteiger charge is -2.20. The van der Waals surface area contributed by atoms with Crippen LogP contribution in [0.4, 0.5) is 0 Å². The number of nitrogens with zero attached hydrogens (tertiary/aromatic N) is 1. The summed E-state index contributed by atoms with van der Waals surface area (Å²) in [6.07, 6.45) is 5.51. The lowest BCUT2D eigenvalue weighted by atomic mass is 9.95. The second-order valence-electron chi connectivity index (χ2n) is 2.78. The molecule has 1 heterocycles. The van der Waals surface area contributed by atoms with Crippen molar-refractivity contribution in [2.45, 2.75) is 19.3 Å². The second kappa shape index (κ2) is 4.69. The van der Waals surface area contributed by atoms with Crippen LogP contribution < -0.4 is 5.32 Å². The number of rotatable bonds is 3. The van der Waals surface area contributed by atoms with Crippen LogP contribution in [0.2, 0.25) is 0 Å². The van der Waals surface area contributed by atoms with Crippen molar-refractivity contribution in [1.82, 2.24) is 5.32 Å². The maximum Gasteiger partial charge on any atom is 0.0431 e. The first kappa shape index (κ1) is 8.02. The average molecular weight is 141 g/mol. The smallest absolute Gasteiger partial charge is 0.0431 e. The molecule has 1 unspecified atom stereocenters. The monoisotopic (exact) mass is 141 g/mol. The van der Waals surface area contributed by atoms with E-state index >= 15 is 0 Å². The quantitative estimate of drug-likeness (QED) is 0.613. The molecule has 0 amide bonds. The summed E-state index contributed by atoms with van der Waals surface area (Å²) in [5.74, 6) is 0.654. The highest BCUT2D eigenvalue weighted by Crippen LogP contribution is 2.14. The van der Waals surface area contributed by atoms with Crippen molar-refractivity contribution < 1.29 is 5.11 Å². The maximum atomic E-state index is 8.55. The van der Waals surface area contributed by atoms with E-state index in [1.807, 2.05) is 0 Å². The molecule has 2 radical (unpaired) electrons. The Morgan fingerprint density at radius 1 is 1.60 bits per heavy atom. The van der Waals surface area contributed by atoms with Crippen molar-refractivity contribution in [2.24, 2.45) is 5.92 Å². The normalized spacial score (nSPS) is 26.7. The molecule has 10 heavy (non-hydrogen) atoms. The van der Waals surface area contributed by atoms with Gasteiger partial charge in [0.2, 0.25) is 0 Å². The Morgan fingerprint density at radius 2 is 2.50 bits per heavy atom. The van der Waals surface area contributed by atoms with Gasteiger partial charge in [-0.2, -0.15) is 0 Å². The van der Waals surface area contributed by atoms with Crippen LogP contribution in [0, 0.1) is 12.3 Å². The van der Waals surface area contributed by atoms with Gasteiger partial charge in [0.1, 0.15) is 0 Å². The third kappa shape index (κ3) is 2.67. The SMILES string of the molecule is OCCCC1[CH]CC[N]C1. The van der Waals surface area contributed by atoms with Crippen LogP contribution in [-0.4, -0.2) is 24.8 Å². The van der Waals surface area contributed by atoms with Gasteiger partial charge in [-0.25, -0.2) is 5.32 Å². The number of hydrogen-bond acceptors (Lipinski definition) is 1. The summed E-state index contributed by atoms with van der Waals surface area (Å²) >= 11 is 0. The summed E-state index contributed by atoms with van der Waals surface area (Å²) in [4.78, 5) is 0. The Kier molecular flexibility index (Phi) is 3.76. The Labute approximate surface area is 62.6 Å². The predicted octanol–water partition coefficient (Wildman–Crippen LogP) is 0.587. The van der Waals surface area contributed by atoms with Crippen LogP contribution in [0.25, 0.3) is 0 Å². The minimum atomic E-state index is 0.324. The third-order valence-corrected chi connectivity index (χ3v) is 1.88. The van der Waals surface area contributed by atoms with E-state index in [1.165, 1.54) is 0 Å². The van der Waals surface area contributed by atoms with Crippen LogP contribution in [-0.2, 0) is 0 Å². The van der Waals surface area contributed by atoms with E-state index in [0.29, 0.717) is 12.5 Å². The van der Waals surface area contributed by atoms with Crippen LogP contribution in [0.3, 0.4) is 0 Å². The minimum absolute atomic E-state index is 0.324. The highest BCUT2D eigenvalue weighted by molar-refractivity contribution is 4.82. The fraction of sp³-hybridized carbons (Fsp3) is 0.875. The largest absolute Gasteiger partial charge is 0.396 e. The van der Waals surface area contributed by atoms with Gasteiger partial charge in [-0.05, 0) is 31.6 Å². The fourth-order valence-electron chi connectivity index (χ4n) is 1.30. The van der Waals surface area contributed by atoms with E-state index in [0.717, 1.165) is 32.4 Å². The van der Waals surface area contributed by atoms with Crippen molar-refractivity contribution in [3.63, 3.8) is 0 Å². The van der Waals surface area contributed by atoms with E-state index in [-0.39, 0.29) is 0 Å². The van der Waals surface area contributed by atoms with E-state index < -0.39 is 0 Å². The standard InChI is InChI=1S/C8H15NO/c10-6-2-4-8-3-1-5-9-7-8/h3,8,10H,1-2,4-7H2. The molecule has 1 rings (SSSR count). The van der Waals surface area contributed by atoms with Crippen LogP contribution >= 0.6 is 0 Å². The summed E-state index contributed by atoms with van der Waals surface area (Å²) < 4.78 is 0. The molecule has 0 aromatic rings. The molecule has 0 aliphatic carbocycles. The van der Waals surface area contributed by atoms with Gasteiger partial charge in [0.25, 0.3) is 0 Å². The molecule has 1 aliphatic heterocycles. The first-order chi connectivity index (χ1) is 4.93. The molecule has 2 nitrogen and oxygen atoms in total. The molecule has 1 atom stereocenters. The van der Waals surface area contributed by atoms with Gasteiger partial charge in [-0.15, -0.1) is 0 Å². The Balaban J connectivity index is 2.02. The molecule has 58 valence electrons. The van der Waals surface area contributed by atoms with Gasteiger partial charge in [0.15, 0.2) is 0 Å². The molecule has 0 spiro atoms. The molecule has 1 aliphatic rings. The molecule has 1 fully saturated rings. The third-order valence-electron chi connectivity index (χ3n) is 1.88. The summed E-state index contributed by atoms with van der Waals surface area (Å²) in [7, 11) is 0. The average Bonchev–Trinajstić information content (AvgIpc) is 2.03. The number of aliphatic hydroxyl groups is 1. The van der Waals surface area contributed by atoms with Crippen molar-refractivity contribution in [2.75, 3.05) is 19.7 Å². The van der Waals surface area contributed by atoms with Gasteiger partial charge >= 0.3 is 0 Å². The molecule has 0 aromatic carbocycles. The van der Waals surface area contributed by atoms with Crippen molar-refractivity contribution in [1.29, 1.82) is 0 Å². The van der Waals surface area contributed by atoms with Crippen LogP contribution in [0.5, 0.6) is 0 Å². The summed E-state index contributed by atoms with van der Waals surface area (Å²) in [5, 5.41) is 12.9. The predicted molar refractivity (Wildman–Crippen MR) is 40.6 cm³/mol. The topological polar surface area (TPSA) is 34.3 Å². The van der Waals surface area contributed by atoms with Gasteiger partial charge < -0.3 is 5.11 Å². The first-order valence-electron chi connectivity index (χ1n) is 4.01. The number of hydrogen-bond donors (Lipinski definition) is 1. The van der Waals surface area contributed by atoms with Gasteiger partial charge in [0, 0.05) is 19.7 Å². The van der Waals surface area contributed by atoms with Crippen molar-refractivity contribution in [3.8, 4) is 0 Å². The van der Waals surface area contributed by atoms with Crippen LogP contribution in [0.1, 0.15) is 19.3 Å². The molecule has 0 saturated carbocycles. The zero-order chi connectivity index (χ0) is 7.23. The molecular formula is C8H15NO. The zero-order valence-electron chi connectivity index (χ0n) is 6.29. The van der Waals surface area contributed by atoms with Gasteiger partial charge in [-0.1, -0.05) is 0 Å². The number of piperidine rings is 1. The van der Waals surface area contributed by atoms with E-state index in [9.17, 15) is 0 Å². The number of aliphatic hydroxyl groups excluding tert-OH is 1. The second-order valence-corrected chi connectivity index (χ2v) is 2.78. The summed E-state index contributed by atoms with van der Waals surface area (Å²) in [6.45, 7) is 2.32. The van der Waals surface area contributed by atoms with E-state index in [4.69, 9.17) is 5.11 Å². The highest BCUT2D eigenvalue weighted by atomic mass is 16.2. The Morgan fingerprint density at radius 3 is 3.10 bits per heavy atom. The van der Waals surface area contributed by atoms with Crippen LogP contribution in [0.15, 0.2) is 0 Å². The molecule has 0 aromatic heterocycles. The van der Waals surface area contributed by atoms with Gasteiger partial charge in [-0.3, -0.25) is 0 Å². The molecule has 1 saturated heterocycles. The first-order valence-corrected chi connectivity index (χ1v) is 4.01. The minimum Gasteiger partial charge on any atom is -0.396 e. The molecule has 2 heteroatoms. The highest BCUT2D eigenvalue weighted by Gasteiger charge is 2.12. The zero-order valence-corrected chi connectivity index (χ0v) is 6.29. The fourth-order valence-corrected chi connectivity index (χ4v) is 1.30. The summed E-state index contributed by atoms with van der Waals surface area (Å²) in [5.41, 5.74) is 0. The Bertz CT molecular complexity index is 79.3. The molecule has 0 bridgehead atoms.